The number of amidine groups is 2. The number of benzene rings is 2. The molecule has 52 heavy (non-hydrogen) atoms. The van der Waals surface area contributed by atoms with Crippen molar-refractivity contribution in [2.75, 3.05) is 19.8 Å². The lowest BCUT2D eigenvalue weighted by Crippen LogP contribution is -2.43. The summed E-state index contributed by atoms with van der Waals surface area (Å²) in [6, 6.07) is 14.5. The van der Waals surface area contributed by atoms with E-state index in [2.05, 4.69) is 197 Å². The molecule has 4 aliphatic heterocycles. The van der Waals surface area contributed by atoms with Crippen LogP contribution in [0.2, 0.25) is 0 Å². The third-order valence-corrected chi connectivity index (χ3v) is 10.7. The summed E-state index contributed by atoms with van der Waals surface area (Å²) in [7, 11) is 0. The van der Waals surface area contributed by atoms with Crippen molar-refractivity contribution in [3.8, 4) is 0 Å². The van der Waals surface area contributed by atoms with E-state index in [-0.39, 0.29) is 24.7 Å². The Morgan fingerprint density at radius 1 is 0.500 bits per heavy atom. The fourth-order valence-electron chi connectivity index (χ4n) is 8.14. The van der Waals surface area contributed by atoms with Gasteiger partial charge in [-0.15, -0.1) is 0 Å². The number of hydrogen-bond acceptors (Lipinski definition) is 12. The van der Waals surface area contributed by atoms with Gasteiger partial charge in [0.15, 0.2) is 0 Å². The second kappa shape index (κ2) is 15.2. The number of nitrogens with zero attached hydrogens (tertiary/aromatic N) is 12. The molecule has 2 aromatic carbocycles. The van der Waals surface area contributed by atoms with Gasteiger partial charge in [0.25, 0.3) is 0 Å². The van der Waals surface area contributed by atoms with Crippen LogP contribution >= 0.6 is 0 Å². The van der Waals surface area contributed by atoms with Crippen LogP contribution in [-0.4, -0.2) is 93.0 Å². The Hall–Kier alpha value is -4.48. The molecule has 0 N–H and O–H groups in total. The minimum Gasteiger partial charge on any atom is -0.337 e. The Morgan fingerprint density at radius 3 is 1.56 bits per heavy atom. The van der Waals surface area contributed by atoms with Crippen molar-refractivity contribution in [1.29, 1.82) is 0 Å². The molecule has 0 spiro atoms. The van der Waals surface area contributed by atoms with E-state index in [0.29, 0.717) is 24.2 Å². The predicted molar refractivity (Wildman–Crippen MR) is 221 cm³/mol. The molecule has 0 saturated carbocycles. The highest BCUT2D eigenvalue weighted by atomic mass is 15.6. The SMILES string of the molecule is CC1=NN(C(C)C)[C@@H](C)N1c1cccc(N2C=NN(C(C)C)[C@@H]2C)c1C.CC1=NN(c2cccc(N3N=CN(C(C)C)[C@@H]3C)c2C)[C@H](C)N1C(C)C. The molecule has 0 bridgehead atoms. The summed E-state index contributed by atoms with van der Waals surface area (Å²) in [5.41, 5.74) is 7.15. The third-order valence-electron chi connectivity index (χ3n) is 10.7. The van der Waals surface area contributed by atoms with E-state index in [1.165, 1.54) is 22.5 Å². The lowest BCUT2D eigenvalue weighted by atomic mass is 10.1. The maximum Gasteiger partial charge on any atom is 0.128 e. The number of hydrogen-bond donors (Lipinski definition) is 0. The molecule has 6 rings (SSSR count). The first-order valence-electron chi connectivity index (χ1n) is 19.1. The van der Waals surface area contributed by atoms with E-state index in [0.717, 1.165) is 23.0 Å². The van der Waals surface area contributed by atoms with Crippen molar-refractivity contribution < 1.29 is 0 Å². The van der Waals surface area contributed by atoms with E-state index in [1.807, 2.05) is 12.7 Å². The maximum atomic E-state index is 4.84. The molecule has 12 nitrogen and oxygen atoms in total. The molecule has 0 aromatic heterocycles. The number of anilines is 4. The van der Waals surface area contributed by atoms with Crippen molar-refractivity contribution in [3.63, 3.8) is 0 Å². The van der Waals surface area contributed by atoms with Gasteiger partial charge in [0.1, 0.15) is 49.0 Å². The fourth-order valence-corrected chi connectivity index (χ4v) is 8.14. The quantitative estimate of drug-likeness (QED) is 0.272. The Bertz CT molecular complexity index is 1690. The lowest BCUT2D eigenvalue weighted by Gasteiger charge is -2.34. The second-order valence-electron chi connectivity index (χ2n) is 15.6. The van der Waals surface area contributed by atoms with Crippen LogP contribution in [0.25, 0.3) is 0 Å². The highest BCUT2D eigenvalue weighted by Gasteiger charge is 2.35. The van der Waals surface area contributed by atoms with Crippen LogP contribution in [0.5, 0.6) is 0 Å². The summed E-state index contributed by atoms with van der Waals surface area (Å²) < 4.78 is 0. The highest BCUT2D eigenvalue weighted by Crippen LogP contribution is 2.38. The number of rotatable bonds is 8. The minimum absolute atomic E-state index is 0.204. The lowest BCUT2D eigenvalue weighted by molar-refractivity contribution is 0.195. The molecule has 4 aliphatic rings. The van der Waals surface area contributed by atoms with E-state index in [4.69, 9.17) is 10.2 Å². The molecular formula is C40H64N12. The molecule has 0 unspecified atom stereocenters. The van der Waals surface area contributed by atoms with Crippen molar-refractivity contribution in [2.24, 2.45) is 20.4 Å². The molecule has 0 aliphatic carbocycles. The summed E-state index contributed by atoms with van der Waals surface area (Å²) in [4.78, 5) is 9.21. The van der Waals surface area contributed by atoms with Gasteiger partial charge in [0.2, 0.25) is 0 Å². The van der Waals surface area contributed by atoms with Gasteiger partial charge < -0.3 is 19.6 Å². The summed E-state index contributed by atoms with van der Waals surface area (Å²) in [6.45, 7) is 34.9. The highest BCUT2D eigenvalue weighted by molar-refractivity contribution is 5.99. The molecule has 284 valence electrons. The summed E-state index contributed by atoms with van der Waals surface area (Å²) in [5, 5.41) is 27.4. The zero-order valence-electron chi connectivity index (χ0n) is 34.6. The topological polar surface area (TPSA) is 75.4 Å². The van der Waals surface area contributed by atoms with Crippen LogP contribution in [0, 0.1) is 13.8 Å². The molecule has 0 radical (unpaired) electrons. The van der Waals surface area contributed by atoms with Gasteiger partial charge in [0, 0.05) is 35.5 Å². The average Bonchev–Trinajstić information content (AvgIpc) is 3.81. The first-order chi connectivity index (χ1) is 24.5. The Morgan fingerprint density at radius 2 is 1.06 bits per heavy atom. The van der Waals surface area contributed by atoms with Gasteiger partial charge in [-0.2, -0.15) is 20.4 Å². The van der Waals surface area contributed by atoms with Crippen LogP contribution in [0.1, 0.15) is 108 Å². The minimum atomic E-state index is 0.204. The van der Waals surface area contributed by atoms with Gasteiger partial charge in [-0.1, -0.05) is 12.1 Å². The predicted octanol–water partition coefficient (Wildman–Crippen LogP) is 8.05. The normalized spacial score (nSPS) is 23.1. The van der Waals surface area contributed by atoms with Gasteiger partial charge in [-0.25, -0.2) is 10.0 Å². The van der Waals surface area contributed by atoms with Gasteiger partial charge in [-0.3, -0.25) is 10.0 Å². The molecule has 2 aromatic rings. The standard InChI is InChI=1S/2C20H32N6/c1-13(2)25-17(7)23(12-21-25)19-10-9-11-20(15(19)5)24-16(6)22-26(14(3)4)18(24)8;1-13(2)23-12-21-25(17(23)7)19-10-9-11-20(15(19)5)26-18(8)24(14(3)4)16(6)22-26/h2*9-14,17-18H,1-8H3/t2*17-,18+/m10/s1. The zero-order chi connectivity index (χ0) is 38.3. The summed E-state index contributed by atoms with van der Waals surface area (Å²) >= 11 is 0. The largest absolute Gasteiger partial charge is 0.337 e. The van der Waals surface area contributed by atoms with E-state index in [9.17, 15) is 0 Å². The van der Waals surface area contributed by atoms with Crippen LogP contribution in [0.15, 0.2) is 56.8 Å². The number of hydrazone groups is 4. The third kappa shape index (κ3) is 7.00. The van der Waals surface area contributed by atoms with Crippen molar-refractivity contribution in [1.82, 2.24) is 19.8 Å². The fraction of sp³-hybridized carbons (Fsp3) is 0.600. The monoisotopic (exact) mass is 713 g/mol. The molecule has 4 atom stereocenters. The molecular weight excluding hydrogens is 649 g/mol. The Kier molecular flexibility index (Phi) is 11.4. The van der Waals surface area contributed by atoms with Crippen molar-refractivity contribution in [2.45, 2.75) is 160 Å². The molecule has 0 saturated heterocycles. The van der Waals surface area contributed by atoms with Gasteiger partial charge >= 0.3 is 0 Å². The summed E-state index contributed by atoms with van der Waals surface area (Å²) in [6.07, 6.45) is 4.73. The van der Waals surface area contributed by atoms with Crippen molar-refractivity contribution in [3.05, 3.63) is 47.5 Å². The van der Waals surface area contributed by atoms with Crippen LogP contribution in [-0.2, 0) is 0 Å². The van der Waals surface area contributed by atoms with E-state index >= 15 is 0 Å². The van der Waals surface area contributed by atoms with Gasteiger partial charge in [-0.05, 0) is 146 Å². The van der Waals surface area contributed by atoms with Gasteiger partial charge in [0.05, 0.1) is 11.4 Å². The first kappa shape index (κ1) is 38.7. The zero-order valence-corrected chi connectivity index (χ0v) is 34.6. The molecule has 4 heterocycles. The molecule has 0 fully saturated rings. The molecule has 12 heteroatoms. The average molecular weight is 713 g/mol. The smallest absolute Gasteiger partial charge is 0.128 e. The Labute approximate surface area is 313 Å². The van der Waals surface area contributed by atoms with Crippen LogP contribution in [0.3, 0.4) is 0 Å². The molecule has 0 amide bonds. The van der Waals surface area contributed by atoms with E-state index in [1.54, 1.807) is 0 Å². The summed E-state index contributed by atoms with van der Waals surface area (Å²) in [5.74, 6) is 2.11. The Balaban J connectivity index is 0.000000201. The second-order valence-corrected chi connectivity index (χ2v) is 15.6. The van der Waals surface area contributed by atoms with Crippen molar-refractivity contribution >= 4 is 47.1 Å². The van der Waals surface area contributed by atoms with Crippen LogP contribution in [0.4, 0.5) is 22.7 Å². The maximum absolute atomic E-state index is 4.84. The van der Waals surface area contributed by atoms with Crippen LogP contribution < -0.4 is 19.8 Å². The first-order valence-corrected chi connectivity index (χ1v) is 19.1. The van der Waals surface area contributed by atoms with E-state index < -0.39 is 0 Å².